The molecule has 2 atom stereocenters. The number of carboxylic acid groups (broad SMARTS) is 1. The molecule has 18 heavy (non-hydrogen) atoms. The van der Waals surface area contributed by atoms with Crippen LogP contribution < -0.4 is 5.32 Å². The predicted molar refractivity (Wildman–Crippen MR) is 67.0 cm³/mol. The van der Waals surface area contributed by atoms with Gasteiger partial charge in [-0.1, -0.05) is 30.3 Å². The molecule has 2 unspecified atom stereocenters. The van der Waals surface area contributed by atoms with Crippen LogP contribution in [-0.2, 0) is 4.79 Å². The van der Waals surface area contributed by atoms with Crippen molar-refractivity contribution in [3.05, 3.63) is 53.9 Å². The first-order chi connectivity index (χ1) is 8.68. The molecule has 0 saturated carbocycles. The molecule has 0 radical (unpaired) electrons. The standard InChI is InChI=1S/C13H15N3O2/c1-9(11-7-8-14-16-11)15-12(13(17)18)10-5-3-2-4-6-10/h2-9,12,15H,1H3,(H,14,16)(H,17,18). The first kappa shape index (κ1) is 12.3. The molecule has 94 valence electrons. The van der Waals surface area contributed by atoms with Crippen LogP contribution in [0.25, 0.3) is 0 Å². The molecular formula is C13H15N3O2. The maximum absolute atomic E-state index is 11.3. The van der Waals surface area contributed by atoms with Crippen molar-refractivity contribution in [2.24, 2.45) is 0 Å². The smallest absolute Gasteiger partial charge is 0.325 e. The van der Waals surface area contributed by atoms with Crippen molar-refractivity contribution in [1.29, 1.82) is 0 Å². The Labute approximate surface area is 105 Å². The van der Waals surface area contributed by atoms with Crippen molar-refractivity contribution >= 4 is 5.97 Å². The van der Waals surface area contributed by atoms with Gasteiger partial charge in [0.25, 0.3) is 0 Å². The Hall–Kier alpha value is -2.14. The number of rotatable bonds is 5. The molecule has 0 fully saturated rings. The van der Waals surface area contributed by atoms with Gasteiger partial charge < -0.3 is 5.11 Å². The number of benzene rings is 1. The number of nitrogens with zero attached hydrogens (tertiary/aromatic N) is 1. The maximum atomic E-state index is 11.3. The van der Waals surface area contributed by atoms with Gasteiger partial charge in [0.05, 0.1) is 5.69 Å². The fourth-order valence-corrected chi connectivity index (χ4v) is 1.80. The molecular weight excluding hydrogens is 230 g/mol. The Balaban J connectivity index is 2.15. The highest BCUT2D eigenvalue weighted by Gasteiger charge is 2.22. The van der Waals surface area contributed by atoms with E-state index in [1.54, 1.807) is 18.3 Å². The molecule has 1 heterocycles. The largest absolute Gasteiger partial charge is 0.480 e. The zero-order valence-electron chi connectivity index (χ0n) is 10.00. The molecule has 0 aliphatic rings. The van der Waals surface area contributed by atoms with E-state index in [4.69, 9.17) is 0 Å². The molecule has 1 aromatic carbocycles. The molecule has 3 N–H and O–H groups in total. The van der Waals surface area contributed by atoms with Gasteiger partial charge in [-0.2, -0.15) is 5.10 Å². The van der Waals surface area contributed by atoms with Crippen LogP contribution in [0.3, 0.4) is 0 Å². The summed E-state index contributed by atoms with van der Waals surface area (Å²) in [4.78, 5) is 11.3. The Bertz CT molecular complexity index is 496. The highest BCUT2D eigenvalue weighted by Crippen LogP contribution is 2.18. The Kier molecular flexibility index (Phi) is 3.74. The second kappa shape index (κ2) is 5.46. The Morgan fingerprint density at radius 1 is 1.33 bits per heavy atom. The van der Waals surface area contributed by atoms with Crippen LogP contribution in [0.15, 0.2) is 42.6 Å². The van der Waals surface area contributed by atoms with E-state index in [0.29, 0.717) is 0 Å². The highest BCUT2D eigenvalue weighted by molar-refractivity contribution is 5.75. The van der Waals surface area contributed by atoms with Crippen molar-refractivity contribution < 1.29 is 9.90 Å². The summed E-state index contributed by atoms with van der Waals surface area (Å²) >= 11 is 0. The van der Waals surface area contributed by atoms with Crippen LogP contribution in [0.1, 0.15) is 30.3 Å². The van der Waals surface area contributed by atoms with Gasteiger partial charge in [-0.3, -0.25) is 15.2 Å². The molecule has 0 saturated heterocycles. The number of aromatic nitrogens is 2. The summed E-state index contributed by atoms with van der Waals surface area (Å²) in [5.41, 5.74) is 1.59. The van der Waals surface area contributed by atoms with Gasteiger partial charge in [0.1, 0.15) is 6.04 Å². The normalized spacial score (nSPS) is 14.1. The van der Waals surface area contributed by atoms with E-state index >= 15 is 0 Å². The lowest BCUT2D eigenvalue weighted by molar-refractivity contribution is -0.139. The number of aliphatic carboxylic acids is 1. The number of carboxylic acids is 1. The van der Waals surface area contributed by atoms with Gasteiger partial charge in [-0.15, -0.1) is 0 Å². The molecule has 2 aromatic rings. The molecule has 0 spiro atoms. The monoisotopic (exact) mass is 245 g/mol. The van der Waals surface area contributed by atoms with Crippen LogP contribution in [-0.4, -0.2) is 21.3 Å². The molecule has 0 aliphatic heterocycles. The minimum Gasteiger partial charge on any atom is -0.480 e. The maximum Gasteiger partial charge on any atom is 0.325 e. The fourth-order valence-electron chi connectivity index (χ4n) is 1.80. The first-order valence-electron chi connectivity index (χ1n) is 5.71. The zero-order chi connectivity index (χ0) is 13.0. The third kappa shape index (κ3) is 2.75. The van der Waals surface area contributed by atoms with Crippen molar-refractivity contribution in [1.82, 2.24) is 15.5 Å². The highest BCUT2D eigenvalue weighted by atomic mass is 16.4. The average molecular weight is 245 g/mol. The minimum atomic E-state index is -0.896. The lowest BCUT2D eigenvalue weighted by atomic mass is 10.1. The van der Waals surface area contributed by atoms with Crippen molar-refractivity contribution in [3.63, 3.8) is 0 Å². The van der Waals surface area contributed by atoms with Gasteiger partial charge in [-0.05, 0) is 18.6 Å². The Morgan fingerprint density at radius 2 is 2.06 bits per heavy atom. The molecule has 5 nitrogen and oxygen atoms in total. The second-order valence-corrected chi connectivity index (χ2v) is 4.08. The molecule has 0 bridgehead atoms. The summed E-state index contributed by atoms with van der Waals surface area (Å²) in [5.74, 6) is -0.896. The second-order valence-electron chi connectivity index (χ2n) is 4.08. The van der Waals surface area contributed by atoms with Crippen molar-refractivity contribution in [2.75, 3.05) is 0 Å². The van der Waals surface area contributed by atoms with E-state index in [0.717, 1.165) is 11.3 Å². The van der Waals surface area contributed by atoms with Crippen LogP contribution in [0.4, 0.5) is 0 Å². The summed E-state index contributed by atoms with van der Waals surface area (Å²) in [6, 6.07) is 10.1. The fraction of sp³-hybridized carbons (Fsp3) is 0.231. The average Bonchev–Trinajstić information content (AvgIpc) is 2.90. The van der Waals surface area contributed by atoms with Crippen molar-refractivity contribution in [3.8, 4) is 0 Å². The first-order valence-corrected chi connectivity index (χ1v) is 5.71. The molecule has 0 amide bonds. The van der Waals surface area contributed by atoms with Crippen LogP contribution in [0.2, 0.25) is 0 Å². The quantitative estimate of drug-likeness (QED) is 0.751. The van der Waals surface area contributed by atoms with E-state index in [1.807, 2.05) is 31.2 Å². The number of carbonyl (C=O) groups is 1. The van der Waals surface area contributed by atoms with E-state index in [1.165, 1.54) is 0 Å². The summed E-state index contributed by atoms with van der Waals surface area (Å²) in [5, 5.41) is 19.0. The number of hydrogen-bond acceptors (Lipinski definition) is 3. The van der Waals surface area contributed by atoms with Gasteiger partial charge in [0, 0.05) is 12.2 Å². The third-order valence-corrected chi connectivity index (χ3v) is 2.79. The van der Waals surface area contributed by atoms with Crippen LogP contribution >= 0.6 is 0 Å². The molecule has 5 heteroatoms. The van der Waals surface area contributed by atoms with E-state index in [2.05, 4.69) is 15.5 Å². The van der Waals surface area contributed by atoms with Crippen LogP contribution in [0.5, 0.6) is 0 Å². The van der Waals surface area contributed by atoms with Gasteiger partial charge in [0.2, 0.25) is 0 Å². The number of H-pyrrole nitrogens is 1. The van der Waals surface area contributed by atoms with Gasteiger partial charge in [0.15, 0.2) is 0 Å². The lowest BCUT2D eigenvalue weighted by Gasteiger charge is -2.19. The van der Waals surface area contributed by atoms with E-state index < -0.39 is 12.0 Å². The summed E-state index contributed by atoms with van der Waals surface area (Å²) < 4.78 is 0. The van der Waals surface area contributed by atoms with E-state index in [-0.39, 0.29) is 6.04 Å². The third-order valence-electron chi connectivity index (χ3n) is 2.79. The van der Waals surface area contributed by atoms with Crippen LogP contribution in [0, 0.1) is 0 Å². The van der Waals surface area contributed by atoms with Gasteiger partial charge in [-0.25, -0.2) is 0 Å². The number of hydrogen-bond donors (Lipinski definition) is 3. The topological polar surface area (TPSA) is 78.0 Å². The lowest BCUT2D eigenvalue weighted by Crippen LogP contribution is -2.30. The van der Waals surface area contributed by atoms with E-state index in [9.17, 15) is 9.90 Å². The van der Waals surface area contributed by atoms with Crippen molar-refractivity contribution in [2.45, 2.75) is 19.0 Å². The summed E-state index contributed by atoms with van der Waals surface area (Å²) in [7, 11) is 0. The molecule has 2 rings (SSSR count). The van der Waals surface area contributed by atoms with Gasteiger partial charge >= 0.3 is 5.97 Å². The number of nitrogens with one attached hydrogen (secondary N) is 2. The SMILES string of the molecule is CC(NC(C(=O)O)c1ccccc1)c1ccn[nH]1. The summed E-state index contributed by atoms with van der Waals surface area (Å²) in [6.07, 6.45) is 1.64. The minimum absolute atomic E-state index is 0.117. The molecule has 1 aromatic heterocycles. The molecule has 0 aliphatic carbocycles. The number of aromatic amines is 1. The predicted octanol–water partition coefficient (Wildman–Crippen LogP) is 1.89. The Morgan fingerprint density at radius 3 is 2.61 bits per heavy atom. The zero-order valence-corrected chi connectivity index (χ0v) is 10.00. The summed E-state index contributed by atoms with van der Waals surface area (Å²) in [6.45, 7) is 1.90.